The van der Waals surface area contributed by atoms with Crippen molar-refractivity contribution in [1.82, 2.24) is 5.32 Å². The van der Waals surface area contributed by atoms with Crippen molar-refractivity contribution in [1.29, 1.82) is 0 Å². The molecule has 1 N–H and O–H groups in total. The number of esters is 1. The van der Waals surface area contributed by atoms with Crippen LogP contribution in [0.1, 0.15) is 25.8 Å². The summed E-state index contributed by atoms with van der Waals surface area (Å²) in [5.74, 6) is 0.365. The zero-order chi connectivity index (χ0) is 15.8. The van der Waals surface area contributed by atoms with E-state index in [9.17, 15) is 4.79 Å². The zero-order valence-corrected chi connectivity index (χ0v) is 13.6. The SMILES string of the molecule is CCCNCc1cc(Cl)c(OC(C)C(=O)OC)c(OC)c1. The molecule has 0 aromatic heterocycles. The van der Waals surface area contributed by atoms with Gasteiger partial charge in [-0.25, -0.2) is 4.79 Å². The van der Waals surface area contributed by atoms with Crippen LogP contribution in [0.2, 0.25) is 5.02 Å². The number of methoxy groups -OCH3 is 2. The van der Waals surface area contributed by atoms with E-state index in [4.69, 9.17) is 21.1 Å². The van der Waals surface area contributed by atoms with Gasteiger partial charge in [0.05, 0.1) is 19.2 Å². The molecule has 0 bridgehead atoms. The first-order valence-corrected chi connectivity index (χ1v) is 7.22. The van der Waals surface area contributed by atoms with Gasteiger partial charge in [-0.1, -0.05) is 18.5 Å². The average Bonchev–Trinajstić information content (AvgIpc) is 2.48. The first kappa shape index (κ1) is 17.6. The van der Waals surface area contributed by atoms with Crippen molar-refractivity contribution < 1.29 is 19.0 Å². The third-order valence-corrected chi connectivity index (χ3v) is 3.15. The summed E-state index contributed by atoms with van der Waals surface area (Å²) in [5, 5.41) is 3.69. The Hall–Kier alpha value is -1.46. The topological polar surface area (TPSA) is 56.8 Å². The van der Waals surface area contributed by atoms with Crippen molar-refractivity contribution in [2.24, 2.45) is 0 Å². The molecule has 1 aromatic rings. The summed E-state index contributed by atoms with van der Waals surface area (Å²) in [5.41, 5.74) is 0.989. The summed E-state index contributed by atoms with van der Waals surface area (Å²) in [6.07, 6.45) is 0.299. The summed E-state index contributed by atoms with van der Waals surface area (Å²) in [7, 11) is 2.84. The molecule has 1 atom stereocenters. The third-order valence-electron chi connectivity index (χ3n) is 2.87. The fourth-order valence-corrected chi connectivity index (χ4v) is 2.07. The van der Waals surface area contributed by atoms with E-state index in [1.165, 1.54) is 14.2 Å². The lowest BCUT2D eigenvalue weighted by Crippen LogP contribution is -2.25. The first-order valence-electron chi connectivity index (χ1n) is 6.85. The molecule has 6 heteroatoms. The van der Waals surface area contributed by atoms with E-state index in [0.717, 1.165) is 18.5 Å². The summed E-state index contributed by atoms with van der Waals surface area (Å²) in [4.78, 5) is 11.4. The van der Waals surface area contributed by atoms with Crippen LogP contribution in [0.15, 0.2) is 12.1 Å². The maximum Gasteiger partial charge on any atom is 0.346 e. The molecule has 0 amide bonds. The van der Waals surface area contributed by atoms with Crippen LogP contribution in [0.25, 0.3) is 0 Å². The monoisotopic (exact) mass is 315 g/mol. The average molecular weight is 316 g/mol. The van der Waals surface area contributed by atoms with Gasteiger partial charge in [0, 0.05) is 6.54 Å². The van der Waals surface area contributed by atoms with Gasteiger partial charge in [-0.05, 0) is 37.6 Å². The van der Waals surface area contributed by atoms with E-state index >= 15 is 0 Å². The van der Waals surface area contributed by atoms with Gasteiger partial charge in [0.25, 0.3) is 0 Å². The number of halogens is 1. The fourth-order valence-electron chi connectivity index (χ4n) is 1.79. The van der Waals surface area contributed by atoms with Crippen LogP contribution in [0.5, 0.6) is 11.5 Å². The van der Waals surface area contributed by atoms with E-state index in [0.29, 0.717) is 23.1 Å². The quantitative estimate of drug-likeness (QED) is 0.590. The van der Waals surface area contributed by atoms with E-state index < -0.39 is 12.1 Å². The van der Waals surface area contributed by atoms with E-state index in [1.807, 2.05) is 6.07 Å². The van der Waals surface area contributed by atoms with Gasteiger partial charge < -0.3 is 19.5 Å². The lowest BCUT2D eigenvalue weighted by atomic mass is 10.2. The molecular formula is C15H22ClNO4. The molecule has 0 radical (unpaired) electrons. The Morgan fingerprint density at radius 1 is 1.38 bits per heavy atom. The zero-order valence-electron chi connectivity index (χ0n) is 12.9. The number of carbonyl (C=O) groups is 1. The number of hydrogen-bond donors (Lipinski definition) is 1. The third kappa shape index (κ3) is 5.10. The summed E-state index contributed by atoms with van der Waals surface area (Å²) in [6.45, 7) is 5.32. The van der Waals surface area contributed by atoms with Crippen molar-refractivity contribution in [3.63, 3.8) is 0 Å². The maximum absolute atomic E-state index is 11.4. The second-order valence-electron chi connectivity index (χ2n) is 4.57. The minimum Gasteiger partial charge on any atom is -0.493 e. The number of carbonyl (C=O) groups excluding carboxylic acids is 1. The fraction of sp³-hybridized carbons (Fsp3) is 0.533. The van der Waals surface area contributed by atoms with Gasteiger partial charge in [-0.2, -0.15) is 0 Å². The highest BCUT2D eigenvalue weighted by Crippen LogP contribution is 2.37. The number of ether oxygens (including phenoxy) is 3. The van der Waals surface area contributed by atoms with Crippen LogP contribution in [0.3, 0.4) is 0 Å². The van der Waals surface area contributed by atoms with Crippen LogP contribution in [0, 0.1) is 0 Å². The van der Waals surface area contributed by atoms with Crippen molar-refractivity contribution >= 4 is 17.6 Å². The lowest BCUT2D eigenvalue weighted by Gasteiger charge is -2.17. The van der Waals surface area contributed by atoms with Crippen LogP contribution < -0.4 is 14.8 Å². The van der Waals surface area contributed by atoms with Crippen LogP contribution in [-0.2, 0) is 16.1 Å². The standard InChI is InChI=1S/C15H22ClNO4/c1-5-6-17-9-11-7-12(16)14(13(8-11)19-3)21-10(2)15(18)20-4/h7-8,10,17H,5-6,9H2,1-4H3. The molecule has 1 unspecified atom stereocenters. The van der Waals surface area contributed by atoms with Gasteiger partial charge in [0.1, 0.15) is 0 Å². The van der Waals surface area contributed by atoms with E-state index in [1.54, 1.807) is 13.0 Å². The number of nitrogens with one attached hydrogen (secondary N) is 1. The summed E-state index contributed by atoms with van der Waals surface area (Å²) in [6, 6.07) is 3.64. The predicted molar refractivity (Wildman–Crippen MR) is 82.1 cm³/mol. The number of hydrogen-bond acceptors (Lipinski definition) is 5. The second kappa shape index (κ2) is 8.74. The molecule has 5 nitrogen and oxygen atoms in total. The number of rotatable bonds is 8. The van der Waals surface area contributed by atoms with Gasteiger partial charge in [0.2, 0.25) is 0 Å². The molecule has 0 fully saturated rings. The Balaban J connectivity index is 2.91. The van der Waals surface area contributed by atoms with Crippen LogP contribution >= 0.6 is 11.6 Å². The van der Waals surface area contributed by atoms with Crippen molar-refractivity contribution in [2.45, 2.75) is 32.9 Å². The van der Waals surface area contributed by atoms with Gasteiger partial charge >= 0.3 is 5.97 Å². The van der Waals surface area contributed by atoms with E-state index in [-0.39, 0.29) is 0 Å². The Morgan fingerprint density at radius 3 is 2.67 bits per heavy atom. The molecule has 0 aliphatic rings. The highest BCUT2D eigenvalue weighted by molar-refractivity contribution is 6.32. The van der Waals surface area contributed by atoms with E-state index in [2.05, 4.69) is 17.0 Å². The summed E-state index contributed by atoms with van der Waals surface area (Å²) >= 11 is 6.23. The van der Waals surface area contributed by atoms with Crippen molar-refractivity contribution in [2.75, 3.05) is 20.8 Å². The minimum atomic E-state index is -0.759. The second-order valence-corrected chi connectivity index (χ2v) is 4.98. The maximum atomic E-state index is 11.4. The molecule has 1 aromatic carbocycles. The highest BCUT2D eigenvalue weighted by atomic mass is 35.5. The molecule has 0 saturated carbocycles. The van der Waals surface area contributed by atoms with Crippen molar-refractivity contribution in [3.05, 3.63) is 22.7 Å². The van der Waals surface area contributed by atoms with Gasteiger partial charge in [-0.3, -0.25) is 0 Å². The molecule has 118 valence electrons. The largest absolute Gasteiger partial charge is 0.493 e. The Bertz CT molecular complexity index is 479. The van der Waals surface area contributed by atoms with Gasteiger partial charge in [-0.15, -0.1) is 0 Å². The molecule has 0 aliphatic carbocycles. The minimum absolute atomic E-state index is 0.344. The van der Waals surface area contributed by atoms with Gasteiger partial charge in [0.15, 0.2) is 17.6 Å². The highest BCUT2D eigenvalue weighted by Gasteiger charge is 2.20. The lowest BCUT2D eigenvalue weighted by molar-refractivity contribution is -0.147. The van der Waals surface area contributed by atoms with Crippen LogP contribution in [0.4, 0.5) is 0 Å². The molecule has 21 heavy (non-hydrogen) atoms. The van der Waals surface area contributed by atoms with Crippen LogP contribution in [-0.4, -0.2) is 32.8 Å². The molecule has 0 aliphatic heterocycles. The molecule has 0 spiro atoms. The smallest absolute Gasteiger partial charge is 0.346 e. The first-order chi connectivity index (χ1) is 10.0. The predicted octanol–water partition coefficient (Wildman–Crippen LogP) is 2.79. The molecular weight excluding hydrogens is 294 g/mol. The Morgan fingerprint density at radius 2 is 2.10 bits per heavy atom. The Labute approximate surface area is 130 Å². The Kier molecular flexibility index (Phi) is 7.32. The molecule has 0 heterocycles. The normalized spacial score (nSPS) is 11.9. The number of benzene rings is 1. The van der Waals surface area contributed by atoms with Crippen molar-refractivity contribution in [3.8, 4) is 11.5 Å². The molecule has 0 saturated heterocycles. The molecule has 1 rings (SSSR count). The summed E-state index contributed by atoms with van der Waals surface area (Å²) < 4.78 is 15.5.